The van der Waals surface area contributed by atoms with E-state index in [-0.39, 0.29) is 11.8 Å². The van der Waals surface area contributed by atoms with Crippen LogP contribution in [0.1, 0.15) is 24.5 Å². The van der Waals surface area contributed by atoms with Gasteiger partial charge < -0.3 is 9.80 Å². The van der Waals surface area contributed by atoms with Gasteiger partial charge in [0.2, 0.25) is 11.8 Å². The molecule has 1 aliphatic heterocycles. The normalized spacial score (nSPS) is 14.7. The Morgan fingerprint density at radius 2 is 1.81 bits per heavy atom. The zero-order chi connectivity index (χ0) is 21.6. The van der Waals surface area contributed by atoms with E-state index in [1.54, 1.807) is 29.2 Å². The number of thiophene rings is 1. The Balaban J connectivity index is 1.52. The van der Waals surface area contributed by atoms with E-state index in [1.165, 1.54) is 5.56 Å². The van der Waals surface area contributed by atoms with Gasteiger partial charge in [-0.3, -0.25) is 14.3 Å². The Labute approximate surface area is 186 Å². The van der Waals surface area contributed by atoms with Crippen LogP contribution in [0.15, 0.2) is 60.1 Å². The first-order chi connectivity index (χ1) is 15.1. The molecule has 4 rings (SSSR count). The van der Waals surface area contributed by atoms with Crippen LogP contribution >= 0.6 is 11.3 Å². The second-order valence-corrected chi connectivity index (χ2v) is 8.56. The number of nitrogens with zero attached hydrogens (tertiary/aromatic N) is 4. The molecule has 0 spiro atoms. The van der Waals surface area contributed by atoms with Crippen LogP contribution in [-0.2, 0) is 16.1 Å². The summed E-state index contributed by atoms with van der Waals surface area (Å²) in [4.78, 5) is 29.1. The van der Waals surface area contributed by atoms with E-state index in [0.29, 0.717) is 32.7 Å². The summed E-state index contributed by atoms with van der Waals surface area (Å²) in [6.07, 6.45) is 6.28. The van der Waals surface area contributed by atoms with Gasteiger partial charge in [0.25, 0.3) is 0 Å². The summed E-state index contributed by atoms with van der Waals surface area (Å²) in [5, 5.41) is 6.82. The number of benzene rings is 1. The summed E-state index contributed by atoms with van der Waals surface area (Å²) < 4.78 is 1.92. The Kier molecular flexibility index (Phi) is 6.62. The predicted molar refractivity (Wildman–Crippen MR) is 124 cm³/mol. The van der Waals surface area contributed by atoms with Crippen molar-refractivity contribution in [3.05, 3.63) is 71.2 Å². The fourth-order valence-electron chi connectivity index (χ4n) is 3.73. The van der Waals surface area contributed by atoms with E-state index in [2.05, 4.69) is 12.1 Å². The minimum Gasteiger partial charge on any atom is -0.341 e. The van der Waals surface area contributed by atoms with Crippen molar-refractivity contribution in [2.75, 3.05) is 26.2 Å². The lowest BCUT2D eigenvalue weighted by Crippen LogP contribution is -2.35. The lowest BCUT2D eigenvalue weighted by Gasteiger charge is -2.20. The second-order valence-electron chi connectivity index (χ2n) is 7.61. The van der Waals surface area contributed by atoms with E-state index in [9.17, 15) is 9.59 Å². The van der Waals surface area contributed by atoms with Crippen molar-refractivity contribution in [2.45, 2.75) is 19.9 Å². The molecule has 0 aliphatic carbocycles. The van der Waals surface area contributed by atoms with Gasteiger partial charge >= 0.3 is 0 Å². The smallest absolute Gasteiger partial charge is 0.246 e. The van der Waals surface area contributed by atoms with Gasteiger partial charge in [0, 0.05) is 50.9 Å². The van der Waals surface area contributed by atoms with Gasteiger partial charge in [0.05, 0.1) is 11.4 Å². The maximum atomic E-state index is 12.8. The van der Waals surface area contributed by atoms with Gasteiger partial charge in [-0.2, -0.15) is 5.10 Å². The summed E-state index contributed by atoms with van der Waals surface area (Å²) in [5.74, 6) is 0.0367. The predicted octanol–water partition coefficient (Wildman–Crippen LogP) is 3.75. The van der Waals surface area contributed by atoms with Crippen LogP contribution < -0.4 is 0 Å². The maximum absolute atomic E-state index is 12.8. The lowest BCUT2D eigenvalue weighted by atomic mass is 10.2. The van der Waals surface area contributed by atoms with Crippen LogP contribution in [0.2, 0.25) is 0 Å². The molecule has 1 fully saturated rings. The van der Waals surface area contributed by atoms with Gasteiger partial charge in [0.1, 0.15) is 5.69 Å². The van der Waals surface area contributed by atoms with Gasteiger partial charge in [-0.15, -0.1) is 11.3 Å². The molecule has 0 unspecified atom stereocenters. The first-order valence-electron chi connectivity index (χ1n) is 10.5. The Morgan fingerprint density at radius 1 is 1.03 bits per heavy atom. The molecule has 6 nitrogen and oxygen atoms in total. The molecule has 2 amide bonds. The number of rotatable bonds is 5. The highest BCUT2D eigenvalue weighted by Gasteiger charge is 2.19. The van der Waals surface area contributed by atoms with Crippen LogP contribution in [0, 0.1) is 0 Å². The molecule has 0 N–H and O–H groups in total. The molecule has 1 aliphatic rings. The lowest BCUT2D eigenvalue weighted by molar-refractivity contribution is -0.130. The van der Waals surface area contributed by atoms with E-state index >= 15 is 0 Å². The van der Waals surface area contributed by atoms with Crippen molar-refractivity contribution < 1.29 is 9.59 Å². The summed E-state index contributed by atoms with van der Waals surface area (Å²) in [6.45, 7) is 4.78. The third kappa shape index (κ3) is 5.30. The van der Waals surface area contributed by atoms with E-state index in [4.69, 9.17) is 5.10 Å². The standard InChI is InChI=1S/C24H26N4O2S/c1-19(29)26-12-6-13-27(15-14-26)23(30)11-10-21-18-28(17-20-7-3-2-4-8-20)25-24(21)22-9-5-16-31-22/h2-5,7-11,16,18H,6,12-15,17H2,1H3/b11-10+. The van der Waals surface area contributed by atoms with Crippen molar-refractivity contribution in [1.29, 1.82) is 0 Å². The van der Waals surface area contributed by atoms with E-state index in [1.807, 2.05) is 57.6 Å². The quantitative estimate of drug-likeness (QED) is 0.575. The molecule has 3 aromatic rings. The van der Waals surface area contributed by atoms with Crippen molar-refractivity contribution in [3.63, 3.8) is 0 Å². The molecule has 3 heterocycles. The SMILES string of the molecule is CC(=O)N1CCCN(C(=O)/C=C/c2cn(Cc3ccccc3)nc2-c2cccs2)CC1. The molecule has 0 saturated carbocycles. The van der Waals surface area contributed by atoms with Crippen LogP contribution in [-0.4, -0.2) is 57.6 Å². The zero-order valence-electron chi connectivity index (χ0n) is 17.6. The monoisotopic (exact) mass is 434 g/mol. The Bertz CT molecular complexity index is 1060. The number of hydrogen-bond donors (Lipinski definition) is 0. The van der Waals surface area contributed by atoms with Crippen molar-refractivity contribution in [3.8, 4) is 10.6 Å². The number of carbonyl (C=O) groups is 2. The fraction of sp³-hybridized carbons (Fsp3) is 0.292. The molecule has 0 bridgehead atoms. The molecule has 1 aromatic carbocycles. The second kappa shape index (κ2) is 9.75. The number of aromatic nitrogens is 2. The van der Waals surface area contributed by atoms with Crippen LogP contribution in [0.3, 0.4) is 0 Å². The summed E-state index contributed by atoms with van der Waals surface area (Å²) in [7, 11) is 0. The summed E-state index contributed by atoms with van der Waals surface area (Å²) >= 11 is 1.64. The summed E-state index contributed by atoms with van der Waals surface area (Å²) in [5.41, 5.74) is 2.98. The Hall–Kier alpha value is -3.19. The van der Waals surface area contributed by atoms with Crippen molar-refractivity contribution >= 4 is 29.2 Å². The Morgan fingerprint density at radius 3 is 2.55 bits per heavy atom. The van der Waals surface area contributed by atoms with Crippen LogP contribution in [0.25, 0.3) is 16.6 Å². The largest absolute Gasteiger partial charge is 0.341 e. The topological polar surface area (TPSA) is 58.4 Å². The summed E-state index contributed by atoms with van der Waals surface area (Å²) in [6, 6.07) is 14.3. The van der Waals surface area contributed by atoms with Gasteiger partial charge in [-0.1, -0.05) is 36.4 Å². The van der Waals surface area contributed by atoms with Gasteiger partial charge in [-0.05, 0) is 29.5 Å². The van der Waals surface area contributed by atoms with E-state index in [0.717, 1.165) is 22.6 Å². The average molecular weight is 435 g/mol. The zero-order valence-corrected chi connectivity index (χ0v) is 18.4. The molecule has 1 saturated heterocycles. The van der Waals surface area contributed by atoms with Crippen LogP contribution in [0.5, 0.6) is 0 Å². The van der Waals surface area contributed by atoms with Gasteiger partial charge in [-0.25, -0.2) is 0 Å². The third-order valence-electron chi connectivity index (χ3n) is 5.39. The molecule has 7 heteroatoms. The number of carbonyl (C=O) groups excluding carboxylic acids is 2. The first kappa shape index (κ1) is 21.1. The number of amides is 2. The minimum absolute atomic E-state index is 0.0293. The highest BCUT2D eigenvalue weighted by molar-refractivity contribution is 7.13. The van der Waals surface area contributed by atoms with Crippen molar-refractivity contribution in [2.24, 2.45) is 0 Å². The minimum atomic E-state index is -0.0293. The molecule has 2 aromatic heterocycles. The molecule has 0 atom stereocenters. The molecule has 0 radical (unpaired) electrons. The molecule has 31 heavy (non-hydrogen) atoms. The highest BCUT2D eigenvalue weighted by atomic mass is 32.1. The molecular weight excluding hydrogens is 408 g/mol. The molecular formula is C24H26N4O2S. The van der Waals surface area contributed by atoms with Gasteiger partial charge in [0.15, 0.2) is 0 Å². The first-order valence-corrected chi connectivity index (χ1v) is 11.4. The number of hydrogen-bond acceptors (Lipinski definition) is 4. The average Bonchev–Trinajstić information content (AvgIpc) is 3.36. The van der Waals surface area contributed by atoms with Crippen LogP contribution in [0.4, 0.5) is 0 Å². The highest BCUT2D eigenvalue weighted by Crippen LogP contribution is 2.28. The fourth-order valence-corrected chi connectivity index (χ4v) is 4.47. The van der Waals surface area contributed by atoms with Crippen molar-refractivity contribution in [1.82, 2.24) is 19.6 Å². The molecule has 160 valence electrons. The third-order valence-corrected chi connectivity index (χ3v) is 6.27. The van der Waals surface area contributed by atoms with E-state index < -0.39 is 0 Å². The maximum Gasteiger partial charge on any atom is 0.246 e.